The minimum Gasteiger partial charge on any atom is -0.325 e. The number of nitrogens with one attached hydrogen (secondary N) is 4. The number of aromatic nitrogens is 4. The number of hydrogen-bond acceptors (Lipinski definition) is 6. The summed E-state index contributed by atoms with van der Waals surface area (Å²) in [5, 5.41) is 22.9. The molecule has 0 saturated carbocycles. The second-order valence-corrected chi connectivity index (χ2v) is 8.26. The largest absolute Gasteiger partial charge is 0.417 e. The van der Waals surface area contributed by atoms with E-state index in [2.05, 4.69) is 36.1 Å². The van der Waals surface area contributed by atoms with E-state index in [0.717, 1.165) is 23.3 Å². The van der Waals surface area contributed by atoms with Gasteiger partial charge in [-0.2, -0.15) is 23.5 Å². The summed E-state index contributed by atoms with van der Waals surface area (Å²) in [4.78, 5) is 21.1. The Morgan fingerprint density at radius 2 is 1.84 bits per heavy atom. The number of rotatable bonds is 6. The van der Waals surface area contributed by atoms with Crippen LogP contribution in [-0.4, -0.2) is 26.2 Å². The van der Waals surface area contributed by atoms with E-state index in [1.165, 1.54) is 6.07 Å². The molecule has 2 aromatic heterocycles. The molecular formula is C24H18ClF3N8O. The standard InChI is InChI=1S/C24H18ClF3N8O/c1-13-8-15(31-23(37)32-16-4-5-19(25)18(10-16)24(26,27)28)3-2-14(13)9-21-30-7-6-20(33-21)34-22-11-17(12-29)35-36-22/h2-8,10-11H,9H2,1H3,(H2,31,32,37)(H2,30,33,34,35,36). The van der Waals surface area contributed by atoms with Crippen LogP contribution in [0.5, 0.6) is 0 Å². The van der Waals surface area contributed by atoms with Crippen molar-refractivity contribution in [2.45, 2.75) is 19.5 Å². The van der Waals surface area contributed by atoms with Gasteiger partial charge in [0.05, 0.1) is 10.6 Å². The van der Waals surface area contributed by atoms with E-state index in [4.69, 9.17) is 16.9 Å². The van der Waals surface area contributed by atoms with Crippen LogP contribution < -0.4 is 16.0 Å². The molecule has 9 nitrogen and oxygen atoms in total. The van der Waals surface area contributed by atoms with Crippen molar-refractivity contribution in [1.82, 2.24) is 20.2 Å². The Kier molecular flexibility index (Phi) is 7.26. The van der Waals surface area contributed by atoms with Gasteiger partial charge in [0.1, 0.15) is 23.5 Å². The number of nitrogens with zero attached hydrogens (tertiary/aromatic N) is 4. The lowest BCUT2D eigenvalue weighted by molar-refractivity contribution is -0.137. The first-order valence-electron chi connectivity index (χ1n) is 10.7. The predicted molar refractivity (Wildman–Crippen MR) is 132 cm³/mol. The van der Waals surface area contributed by atoms with Crippen LogP contribution in [0.4, 0.5) is 41.0 Å². The highest BCUT2D eigenvalue weighted by atomic mass is 35.5. The predicted octanol–water partition coefficient (Wildman–Crippen LogP) is 6.03. The topological polar surface area (TPSA) is 131 Å². The first kappa shape index (κ1) is 25.5. The Balaban J connectivity index is 1.40. The molecule has 13 heteroatoms. The second kappa shape index (κ2) is 10.5. The van der Waals surface area contributed by atoms with Gasteiger partial charge < -0.3 is 16.0 Å². The summed E-state index contributed by atoms with van der Waals surface area (Å²) in [6.45, 7) is 1.85. The maximum absolute atomic E-state index is 13.0. The van der Waals surface area contributed by atoms with Crippen LogP contribution in [-0.2, 0) is 12.6 Å². The molecule has 0 radical (unpaired) electrons. The lowest BCUT2D eigenvalue weighted by atomic mass is 10.0. The molecule has 0 spiro atoms. The van der Waals surface area contributed by atoms with E-state index in [1.807, 2.05) is 13.0 Å². The smallest absolute Gasteiger partial charge is 0.325 e. The quantitative estimate of drug-likeness (QED) is 0.242. The number of carbonyl (C=O) groups is 1. The molecule has 0 aliphatic rings. The summed E-state index contributed by atoms with van der Waals surface area (Å²) in [5.41, 5.74) is 1.36. The molecule has 0 aliphatic carbocycles. The zero-order valence-corrected chi connectivity index (χ0v) is 19.9. The number of anilines is 4. The van der Waals surface area contributed by atoms with Gasteiger partial charge in [-0.15, -0.1) is 0 Å². The van der Waals surface area contributed by atoms with Crippen molar-refractivity contribution in [3.8, 4) is 6.07 Å². The molecule has 37 heavy (non-hydrogen) atoms. The Bertz CT molecular complexity index is 1500. The number of alkyl halides is 3. The summed E-state index contributed by atoms with van der Waals surface area (Å²) >= 11 is 5.61. The van der Waals surface area contributed by atoms with E-state index in [0.29, 0.717) is 29.6 Å². The highest BCUT2D eigenvalue weighted by Gasteiger charge is 2.33. The molecule has 0 fully saturated rings. The van der Waals surface area contributed by atoms with Gasteiger partial charge in [-0.1, -0.05) is 17.7 Å². The highest BCUT2D eigenvalue weighted by molar-refractivity contribution is 6.31. The number of halogens is 4. The number of benzene rings is 2. The first-order chi connectivity index (χ1) is 17.6. The molecule has 0 unspecified atom stereocenters. The third-order valence-corrected chi connectivity index (χ3v) is 5.47. The van der Waals surface area contributed by atoms with Crippen molar-refractivity contribution in [2.24, 2.45) is 0 Å². The SMILES string of the molecule is Cc1cc(NC(=O)Nc2ccc(Cl)c(C(F)(F)F)c2)ccc1Cc1nccc(Nc2cc(C#N)n[nH]2)n1. The number of carbonyl (C=O) groups excluding carboxylic acids is 1. The van der Waals surface area contributed by atoms with Crippen molar-refractivity contribution in [3.63, 3.8) is 0 Å². The summed E-state index contributed by atoms with van der Waals surface area (Å²) < 4.78 is 39.1. The highest BCUT2D eigenvalue weighted by Crippen LogP contribution is 2.36. The Morgan fingerprint density at radius 1 is 1.11 bits per heavy atom. The summed E-state index contributed by atoms with van der Waals surface area (Å²) in [7, 11) is 0. The number of aromatic amines is 1. The van der Waals surface area contributed by atoms with Gasteiger partial charge in [-0.05, 0) is 54.4 Å². The van der Waals surface area contributed by atoms with E-state index in [-0.39, 0.29) is 11.4 Å². The molecule has 0 saturated heterocycles. The van der Waals surface area contributed by atoms with Crippen LogP contribution in [0, 0.1) is 18.3 Å². The summed E-state index contributed by atoms with van der Waals surface area (Å²) in [5.74, 6) is 1.57. The fourth-order valence-electron chi connectivity index (χ4n) is 3.39. The average Bonchev–Trinajstić information content (AvgIpc) is 3.29. The van der Waals surface area contributed by atoms with E-state index >= 15 is 0 Å². The molecular weight excluding hydrogens is 509 g/mol. The van der Waals surface area contributed by atoms with Crippen LogP contribution in [0.2, 0.25) is 5.02 Å². The van der Waals surface area contributed by atoms with Crippen LogP contribution in [0.1, 0.15) is 28.2 Å². The molecule has 188 valence electrons. The van der Waals surface area contributed by atoms with Crippen molar-refractivity contribution < 1.29 is 18.0 Å². The fourth-order valence-corrected chi connectivity index (χ4v) is 3.62. The number of aryl methyl sites for hydroxylation is 1. The number of urea groups is 1. The van der Waals surface area contributed by atoms with Crippen LogP contribution in [0.3, 0.4) is 0 Å². The first-order valence-corrected chi connectivity index (χ1v) is 11.1. The summed E-state index contributed by atoms with van der Waals surface area (Å²) in [6.07, 6.45) is -2.63. The number of hydrogen-bond donors (Lipinski definition) is 4. The third-order valence-electron chi connectivity index (χ3n) is 5.14. The monoisotopic (exact) mass is 526 g/mol. The van der Waals surface area contributed by atoms with Gasteiger partial charge >= 0.3 is 12.2 Å². The lowest BCUT2D eigenvalue weighted by Crippen LogP contribution is -2.20. The Morgan fingerprint density at radius 3 is 2.51 bits per heavy atom. The lowest BCUT2D eigenvalue weighted by Gasteiger charge is -2.13. The molecule has 4 N–H and O–H groups in total. The fraction of sp³-hybridized carbons (Fsp3) is 0.125. The van der Waals surface area contributed by atoms with E-state index < -0.39 is 22.8 Å². The van der Waals surface area contributed by atoms with Gasteiger partial charge in [0.15, 0.2) is 5.69 Å². The number of amides is 2. The van der Waals surface area contributed by atoms with Crippen molar-refractivity contribution >= 4 is 40.6 Å². The zero-order valence-electron chi connectivity index (χ0n) is 19.1. The van der Waals surface area contributed by atoms with Gasteiger partial charge in [0.25, 0.3) is 0 Å². The molecule has 0 aliphatic heterocycles. The summed E-state index contributed by atoms with van der Waals surface area (Å²) in [6, 6.07) is 12.8. The minimum atomic E-state index is -4.64. The van der Waals surface area contributed by atoms with Crippen molar-refractivity contribution in [3.05, 3.63) is 88.0 Å². The molecule has 4 aromatic rings. The molecule has 2 amide bonds. The maximum atomic E-state index is 13.0. The molecule has 2 aromatic carbocycles. The van der Waals surface area contributed by atoms with Gasteiger partial charge in [0.2, 0.25) is 0 Å². The van der Waals surface area contributed by atoms with Crippen LogP contribution in [0.15, 0.2) is 54.7 Å². The Labute approximate surface area is 213 Å². The van der Waals surface area contributed by atoms with Crippen molar-refractivity contribution in [2.75, 3.05) is 16.0 Å². The van der Waals surface area contributed by atoms with Gasteiger partial charge in [0, 0.05) is 30.1 Å². The molecule has 2 heterocycles. The normalized spacial score (nSPS) is 11.0. The zero-order chi connectivity index (χ0) is 26.6. The van der Waals surface area contributed by atoms with Gasteiger partial charge in [-0.3, -0.25) is 5.10 Å². The average molecular weight is 527 g/mol. The number of H-pyrrole nitrogens is 1. The Hall–Kier alpha value is -4.63. The van der Waals surface area contributed by atoms with E-state index in [9.17, 15) is 18.0 Å². The molecule has 0 atom stereocenters. The number of nitriles is 1. The minimum absolute atomic E-state index is 0.0489. The van der Waals surface area contributed by atoms with Crippen LogP contribution >= 0.6 is 11.6 Å². The third kappa shape index (κ3) is 6.53. The maximum Gasteiger partial charge on any atom is 0.417 e. The second-order valence-electron chi connectivity index (χ2n) is 7.85. The molecule has 4 rings (SSSR count). The molecule has 0 bridgehead atoms. The van der Waals surface area contributed by atoms with Gasteiger partial charge in [-0.25, -0.2) is 14.8 Å². The van der Waals surface area contributed by atoms with E-state index in [1.54, 1.807) is 36.5 Å². The van der Waals surface area contributed by atoms with Crippen molar-refractivity contribution in [1.29, 1.82) is 5.26 Å². The van der Waals surface area contributed by atoms with Crippen LogP contribution in [0.25, 0.3) is 0 Å².